The van der Waals surface area contributed by atoms with Crippen LogP contribution < -0.4 is 4.74 Å². The molecule has 0 aromatic heterocycles. The zero-order chi connectivity index (χ0) is 12.0. The van der Waals surface area contributed by atoms with Gasteiger partial charge in [-0.15, -0.1) is 0 Å². The number of hydrogen-bond acceptors (Lipinski definition) is 3. The highest BCUT2D eigenvalue weighted by atomic mass is 79.9. The molecule has 0 aliphatic carbocycles. The second-order valence-electron chi connectivity index (χ2n) is 3.13. The number of hydrogen-bond donors (Lipinski definition) is 1. The standard InChI is InChI=1S/C11H11BrO4/c12-9(6-11(14)15)10(13)7-16-8-4-2-1-3-5-8/h1-5,9H,6-7H2,(H,14,15). The van der Waals surface area contributed by atoms with Gasteiger partial charge in [0.1, 0.15) is 12.4 Å². The molecular weight excluding hydrogens is 276 g/mol. The molecule has 0 amide bonds. The minimum atomic E-state index is -1.02. The van der Waals surface area contributed by atoms with Gasteiger partial charge in [0.25, 0.3) is 0 Å². The van der Waals surface area contributed by atoms with Gasteiger partial charge in [0.15, 0.2) is 5.78 Å². The molecule has 0 saturated carbocycles. The van der Waals surface area contributed by atoms with Crippen LogP contribution in [-0.4, -0.2) is 28.3 Å². The first kappa shape index (κ1) is 12.7. The van der Waals surface area contributed by atoms with Crippen LogP contribution >= 0.6 is 15.9 Å². The lowest BCUT2D eigenvalue weighted by Gasteiger charge is -2.08. The molecule has 0 bridgehead atoms. The Hall–Kier alpha value is -1.36. The number of para-hydroxylation sites is 1. The quantitative estimate of drug-likeness (QED) is 0.811. The Bertz CT molecular complexity index is 364. The third-order valence-electron chi connectivity index (χ3n) is 1.83. The summed E-state index contributed by atoms with van der Waals surface area (Å²) in [4.78, 5) is 21.1. The van der Waals surface area contributed by atoms with Crippen LogP contribution in [0.5, 0.6) is 5.75 Å². The van der Waals surface area contributed by atoms with E-state index < -0.39 is 10.8 Å². The predicted molar refractivity (Wildman–Crippen MR) is 61.9 cm³/mol. The molecule has 86 valence electrons. The van der Waals surface area contributed by atoms with E-state index in [1.807, 2.05) is 6.07 Å². The third kappa shape index (κ3) is 4.44. The molecule has 5 heteroatoms. The molecule has 1 aromatic rings. The molecule has 1 aromatic carbocycles. The summed E-state index contributed by atoms with van der Waals surface area (Å²) in [6.45, 7) is -0.132. The maximum absolute atomic E-state index is 11.4. The van der Waals surface area contributed by atoms with Crippen molar-refractivity contribution in [2.75, 3.05) is 6.61 Å². The molecule has 0 aliphatic heterocycles. The highest BCUT2D eigenvalue weighted by molar-refractivity contribution is 9.10. The number of benzene rings is 1. The highest BCUT2D eigenvalue weighted by Gasteiger charge is 2.18. The molecule has 1 rings (SSSR count). The summed E-state index contributed by atoms with van der Waals surface area (Å²) in [6, 6.07) is 8.89. The van der Waals surface area contributed by atoms with Gasteiger partial charge in [-0.3, -0.25) is 9.59 Å². The number of ether oxygens (including phenoxy) is 1. The van der Waals surface area contributed by atoms with Crippen LogP contribution in [0.1, 0.15) is 6.42 Å². The average molecular weight is 287 g/mol. The largest absolute Gasteiger partial charge is 0.486 e. The Morgan fingerprint density at radius 2 is 1.94 bits per heavy atom. The Morgan fingerprint density at radius 3 is 2.50 bits per heavy atom. The fourth-order valence-corrected chi connectivity index (χ4v) is 1.44. The van der Waals surface area contributed by atoms with Crippen LogP contribution in [0.2, 0.25) is 0 Å². The molecule has 1 N–H and O–H groups in total. The van der Waals surface area contributed by atoms with Crippen LogP contribution in [0.4, 0.5) is 0 Å². The smallest absolute Gasteiger partial charge is 0.304 e. The summed E-state index contributed by atoms with van der Waals surface area (Å²) in [6.07, 6.45) is -0.239. The average Bonchev–Trinajstić information content (AvgIpc) is 2.26. The van der Waals surface area contributed by atoms with Gasteiger partial charge in [-0.05, 0) is 12.1 Å². The maximum atomic E-state index is 11.4. The topological polar surface area (TPSA) is 63.6 Å². The molecule has 0 saturated heterocycles. The van der Waals surface area contributed by atoms with E-state index in [2.05, 4.69) is 15.9 Å². The Balaban J connectivity index is 2.38. The van der Waals surface area contributed by atoms with Gasteiger partial charge in [-0.1, -0.05) is 34.1 Å². The van der Waals surface area contributed by atoms with Crippen molar-refractivity contribution in [3.05, 3.63) is 30.3 Å². The number of aliphatic carboxylic acids is 1. The molecule has 16 heavy (non-hydrogen) atoms. The molecule has 1 atom stereocenters. The first-order chi connectivity index (χ1) is 7.59. The van der Waals surface area contributed by atoms with Gasteiger partial charge in [-0.25, -0.2) is 0 Å². The van der Waals surface area contributed by atoms with E-state index in [0.717, 1.165) is 0 Å². The number of carbonyl (C=O) groups is 2. The number of carboxylic acids is 1. The summed E-state index contributed by atoms with van der Waals surface area (Å²) in [5.74, 6) is -0.716. The molecule has 0 fully saturated rings. The number of carboxylic acid groups (broad SMARTS) is 1. The molecule has 1 unspecified atom stereocenters. The molecule has 4 nitrogen and oxygen atoms in total. The van der Waals surface area contributed by atoms with Crippen LogP contribution in [-0.2, 0) is 9.59 Å². The maximum Gasteiger partial charge on any atom is 0.304 e. The number of carbonyl (C=O) groups excluding carboxylic acids is 1. The number of Topliss-reactive ketones (excluding diaryl/α,β-unsaturated/α-hetero) is 1. The van der Waals surface area contributed by atoms with E-state index >= 15 is 0 Å². The van der Waals surface area contributed by atoms with E-state index in [9.17, 15) is 9.59 Å². The summed E-state index contributed by atoms with van der Waals surface area (Å²) in [5, 5.41) is 8.49. The van der Waals surface area contributed by atoms with E-state index in [1.165, 1.54) is 0 Å². The van der Waals surface area contributed by atoms with Crippen LogP contribution in [0.3, 0.4) is 0 Å². The van der Waals surface area contributed by atoms with Gasteiger partial charge in [0.05, 0.1) is 11.2 Å². The van der Waals surface area contributed by atoms with Crippen LogP contribution in [0.25, 0.3) is 0 Å². The minimum absolute atomic E-state index is 0.132. The van der Waals surface area contributed by atoms with Gasteiger partial charge in [-0.2, -0.15) is 0 Å². The van der Waals surface area contributed by atoms with E-state index in [4.69, 9.17) is 9.84 Å². The first-order valence-electron chi connectivity index (χ1n) is 4.66. The summed E-state index contributed by atoms with van der Waals surface area (Å²) < 4.78 is 5.20. The Morgan fingerprint density at radius 1 is 1.31 bits per heavy atom. The van der Waals surface area contributed by atoms with Gasteiger partial charge in [0, 0.05) is 0 Å². The zero-order valence-corrected chi connectivity index (χ0v) is 10.0. The first-order valence-corrected chi connectivity index (χ1v) is 5.57. The lowest BCUT2D eigenvalue weighted by molar-refractivity contribution is -0.138. The van der Waals surface area contributed by atoms with Crippen molar-refractivity contribution in [2.45, 2.75) is 11.2 Å². The zero-order valence-electron chi connectivity index (χ0n) is 8.43. The normalized spacial score (nSPS) is 11.8. The number of halogens is 1. The van der Waals surface area contributed by atoms with Crippen molar-refractivity contribution in [3.63, 3.8) is 0 Å². The summed E-state index contributed by atoms with van der Waals surface area (Å²) in [7, 11) is 0. The van der Waals surface area contributed by atoms with Gasteiger partial charge < -0.3 is 9.84 Å². The molecule has 0 radical (unpaired) electrons. The van der Waals surface area contributed by atoms with Crippen molar-refractivity contribution >= 4 is 27.7 Å². The van der Waals surface area contributed by atoms with Crippen molar-refractivity contribution in [1.29, 1.82) is 0 Å². The van der Waals surface area contributed by atoms with E-state index in [0.29, 0.717) is 5.75 Å². The van der Waals surface area contributed by atoms with Crippen LogP contribution in [0.15, 0.2) is 30.3 Å². The third-order valence-corrected chi connectivity index (χ3v) is 2.66. The lowest BCUT2D eigenvalue weighted by Crippen LogP contribution is -2.23. The van der Waals surface area contributed by atoms with Crippen molar-refractivity contribution in [2.24, 2.45) is 0 Å². The lowest BCUT2D eigenvalue weighted by atomic mass is 10.2. The molecular formula is C11H11BrO4. The second kappa shape index (κ2) is 6.27. The fraction of sp³-hybridized carbons (Fsp3) is 0.273. The molecule has 0 spiro atoms. The monoisotopic (exact) mass is 286 g/mol. The number of alkyl halides is 1. The predicted octanol–water partition coefficient (Wildman–Crippen LogP) is 1.87. The number of rotatable bonds is 6. The summed E-state index contributed by atoms with van der Waals surface area (Å²) >= 11 is 3.01. The SMILES string of the molecule is O=C(O)CC(Br)C(=O)COc1ccccc1. The van der Waals surface area contributed by atoms with E-state index in [-0.39, 0.29) is 18.8 Å². The van der Waals surface area contributed by atoms with Crippen molar-refractivity contribution in [3.8, 4) is 5.75 Å². The second-order valence-corrected chi connectivity index (χ2v) is 4.24. The van der Waals surface area contributed by atoms with E-state index in [1.54, 1.807) is 24.3 Å². The Labute approximate surface area is 101 Å². The minimum Gasteiger partial charge on any atom is -0.486 e. The molecule has 0 aliphatic rings. The van der Waals surface area contributed by atoms with Gasteiger partial charge in [0.2, 0.25) is 0 Å². The van der Waals surface area contributed by atoms with Gasteiger partial charge >= 0.3 is 5.97 Å². The number of ketones is 1. The fourth-order valence-electron chi connectivity index (χ4n) is 1.03. The Kier molecular flexibility index (Phi) is 4.98. The van der Waals surface area contributed by atoms with Crippen molar-refractivity contribution < 1.29 is 19.4 Å². The highest BCUT2D eigenvalue weighted by Crippen LogP contribution is 2.11. The van der Waals surface area contributed by atoms with Crippen molar-refractivity contribution in [1.82, 2.24) is 0 Å². The van der Waals surface area contributed by atoms with Crippen LogP contribution in [0, 0.1) is 0 Å². The molecule has 0 heterocycles. The summed E-state index contributed by atoms with van der Waals surface area (Å²) in [5.41, 5.74) is 0.